The fourth-order valence-corrected chi connectivity index (χ4v) is 3.52. The topological polar surface area (TPSA) is 24.9 Å². The van der Waals surface area contributed by atoms with Gasteiger partial charge in [-0.05, 0) is 36.2 Å². The molecule has 1 N–H and O–H groups in total. The molecule has 0 saturated carbocycles. The van der Waals surface area contributed by atoms with Crippen molar-refractivity contribution in [1.29, 1.82) is 0 Å². The monoisotopic (exact) mass is 372 g/mol. The van der Waals surface area contributed by atoms with Crippen molar-refractivity contribution in [1.82, 2.24) is 10.3 Å². The van der Waals surface area contributed by atoms with Crippen molar-refractivity contribution in [2.24, 2.45) is 0 Å². The molecule has 1 aromatic heterocycles. The number of halogens is 1. The minimum Gasteiger partial charge on any atom is -0.310 e. The molecule has 4 heteroatoms. The smallest absolute Gasteiger partial charge is 0.107 e. The van der Waals surface area contributed by atoms with Gasteiger partial charge in [0.15, 0.2) is 0 Å². The average molecular weight is 373 g/mol. The minimum absolute atomic E-state index is 0.825. The molecule has 0 saturated heterocycles. The molecule has 0 radical (unpaired) electrons. The van der Waals surface area contributed by atoms with Gasteiger partial charge in [-0.2, -0.15) is 0 Å². The lowest BCUT2D eigenvalue weighted by molar-refractivity contribution is 0.684. The van der Waals surface area contributed by atoms with Crippen LogP contribution in [0.5, 0.6) is 0 Å². The molecule has 1 heterocycles. The Morgan fingerprint density at radius 2 is 1.91 bits per heavy atom. The van der Waals surface area contributed by atoms with Crippen molar-refractivity contribution >= 4 is 27.3 Å². The van der Waals surface area contributed by atoms with Gasteiger partial charge in [0.1, 0.15) is 5.01 Å². The highest BCUT2D eigenvalue weighted by Gasteiger charge is 2.04. The molecule has 0 unspecified atom stereocenters. The Morgan fingerprint density at radius 3 is 2.73 bits per heavy atom. The van der Waals surface area contributed by atoms with Crippen LogP contribution in [0.2, 0.25) is 0 Å². The highest BCUT2D eigenvalue weighted by atomic mass is 79.9. The number of aromatic nitrogens is 1. The molecule has 0 spiro atoms. The first-order valence-corrected chi connectivity index (χ1v) is 8.87. The summed E-state index contributed by atoms with van der Waals surface area (Å²) in [6.07, 6.45) is 3.01. The van der Waals surface area contributed by atoms with Crippen LogP contribution in [0, 0.1) is 0 Å². The van der Waals surface area contributed by atoms with E-state index >= 15 is 0 Å². The van der Waals surface area contributed by atoms with E-state index in [0.29, 0.717) is 0 Å². The van der Waals surface area contributed by atoms with Gasteiger partial charge in [-0.3, -0.25) is 0 Å². The Hall–Kier alpha value is -1.49. The summed E-state index contributed by atoms with van der Waals surface area (Å²) < 4.78 is 1.10. The SMILES string of the molecule is Brc1cccc(-c2cnc(CNCCc3ccccc3)s2)c1. The van der Waals surface area contributed by atoms with Crippen LogP contribution in [0.15, 0.2) is 65.3 Å². The molecule has 3 rings (SSSR count). The van der Waals surface area contributed by atoms with Gasteiger partial charge >= 0.3 is 0 Å². The van der Waals surface area contributed by atoms with Crippen LogP contribution in [-0.4, -0.2) is 11.5 Å². The summed E-state index contributed by atoms with van der Waals surface area (Å²) in [4.78, 5) is 5.72. The van der Waals surface area contributed by atoms with Gasteiger partial charge in [-0.15, -0.1) is 11.3 Å². The maximum absolute atomic E-state index is 4.51. The van der Waals surface area contributed by atoms with Crippen molar-refractivity contribution in [2.45, 2.75) is 13.0 Å². The van der Waals surface area contributed by atoms with E-state index in [-0.39, 0.29) is 0 Å². The Morgan fingerprint density at radius 1 is 1.05 bits per heavy atom. The molecule has 2 aromatic carbocycles. The van der Waals surface area contributed by atoms with Gasteiger partial charge in [0.2, 0.25) is 0 Å². The summed E-state index contributed by atoms with van der Waals surface area (Å²) in [5, 5.41) is 4.59. The van der Waals surface area contributed by atoms with E-state index in [4.69, 9.17) is 0 Å². The summed E-state index contributed by atoms with van der Waals surface area (Å²) >= 11 is 5.26. The third kappa shape index (κ3) is 4.26. The maximum atomic E-state index is 4.51. The summed E-state index contributed by atoms with van der Waals surface area (Å²) in [6.45, 7) is 1.79. The first-order valence-electron chi connectivity index (χ1n) is 7.26. The van der Waals surface area contributed by atoms with Gasteiger partial charge in [0.05, 0.1) is 4.88 Å². The highest BCUT2D eigenvalue weighted by Crippen LogP contribution is 2.28. The molecule has 0 aliphatic rings. The number of hydrogen-bond donors (Lipinski definition) is 1. The fraction of sp³-hybridized carbons (Fsp3) is 0.167. The number of nitrogens with one attached hydrogen (secondary N) is 1. The van der Waals surface area contributed by atoms with Gasteiger partial charge < -0.3 is 5.32 Å². The van der Waals surface area contributed by atoms with E-state index in [9.17, 15) is 0 Å². The van der Waals surface area contributed by atoms with E-state index in [1.807, 2.05) is 12.3 Å². The molecule has 0 aliphatic carbocycles. The molecular formula is C18H17BrN2S. The Bertz CT molecular complexity index is 725. The van der Waals surface area contributed by atoms with Gasteiger partial charge in [0.25, 0.3) is 0 Å². The van der Waals surface area contributed by atoms with Crippen LogP contribution in [-0.2, 0) is 13.0 Å². The minimum atomic E-state index is 0.825. The molecule has 0 amide bonds. The zero-order valence-electron chi connectivity index (χ0n) is 12.1. The second-order valence-electron chi connectivity index (χ2n) is 5.04. The van der Waals surface area contributed by atoms with E-state index < -0.39 is 0 Å². The van der Waals surface area contributed by atoms with Crippen molar-refractivity contribution in [3.05, 3.63) is 75.8 Å². The lowest BCUT2D eigenvalue weighted by atomic mass is 10.1. The van der Waals surface area contributed by atoms with Crippen LogP contribution >= 0.6 is 27.3 Å². The second-order valence-corrected chi connectivity index (χ2v) is 7.07. The van der Waals surface area contributed by atoms with Crippen LogP contribution in [0.1, 0.15) is 10.6 Å². The zero-order chi connectivity index (χ0) is 15.2. The Balaban J connectivity index is 1.52. The van der Waals surface area contributed by atoms with Crippen molar-refractivity contribution in [3.63, 3.8) is 0 Å². The van der Waals surface area contributed by atoms with Crippen LogP contribution in [0.3, 0.4) is 0 Å². The normalized spacial score (nSPS) is 10.8. The number of hydrogen-bond acceptors (Lipinski definition) is 3. The standard InChI is InChI=1S/C18H17BrN2S/c19-16-8-4-7-15(11-16)17-12-21-18(22-17)13-20-10-9-14-5-2-1-3-6-14/h1-8,11-12,20H,9-10,13H2. The van der Waals surface area contributed by atoms with Crippen LogP contribution in [0.4, 0.5) is 0 Å². The molecule has 112 valence electrons. The average Bonchev–Trinajstić information content (AvgIpc) is 3.02. The van der Waals surface area contributed by atoms with E-state index in [1.165, 1.54) is 16.0 Å². The quantitative estimate of drug-likeness (QED) is 0.622. The van der Waals surface area contributed by atoms with Crippen LogP contribution < -0.4 is 5.32 Å². The molecule has 0 aliphatic heterocycles. The number of benzene rings is 2. The van der Waals surface area contributed by atoms with Gasteiger partial charge in [-0.25, -0.2) is 4.98 Å². The zero-order valence-corrected chi connectivity index (χ0v) is 14.5. The summed E-state index contributed by atoms with van der Waals surface area (Å²) in [6, 6.07) is 18.9. The van der Waals surface area contributed by atoms with Crippen molar-refractivity contribution < 1.29 is 0 Å². The first-order chi connectivity index (χ1) is 10.8. The van der Waals surface area contributed by atoms with E-state index in [0.717, 1.165) is 29.0 Å². The van der Waals surface area contributed by atoms with E-state index in [1.54, 1.807) is 11.3 Å². The molecule has 2 nitrogen and oxygen atoms in total. The van der Waals surface area contributed by atoms with Crippen LogP contribution in [0.25, 0.3) is 10.4 Å². The largest absolute Gasteiger partial charge is 0.310 e. The maximum Gasteiger partial charge on any atom is 0.107 e. The molecular weight excluding hydrogens is 356 g/mol. The van der Waals surface area contributed by atoms with E-state index in [2.05, 4.69) is 74.8 Å². The number of nitrogens with zero attached hydrogens (tertiary/aromatic N) is 1. The predicted molar refractivity (Wildman–Crippen MR) is 97.1 cm³/mol. The van der Waals surface area contributed by atoms with Gasteiger partial charge in [0, 0.05) is 17.2 Å². The highest BCUT2D eigenvalue weighted by molar-refractivity contribution is 9.10. The molecule has 22 heavy (non-hydrogen) atoms. The molecule has 3 aromatic rings. The third-order valence-electron chi connectivity index (χ3n) is 3.37. The summed E-state index contributed by atoms with van der Waals surface area (Å²) in [7, 11) is 0. The molecule has 0 bridgehead atoms. The Kier molecular flexibility index (Phi) is 5.38. The fourth-order valence-electron chi connectivity index (χ4n) is 2.24. The lowest BCUT2D eigenvalue weighted by Crippen LogP contribution is -2.16. The Labute approximate surface area is 143 Å². The summed E-state index contributed by atoms with van der Waals surface area (Å²) in [5.74, 6) is 0. The number of thiazole rings is 1. The number of rotatable bonds is 6. The third-order valence-corrected chi connectivity index (χ3v) is 4.91. The predicted octanol–water partition coefficient (Wildman–Crippen LogP) is 4.90. The second kappa shape index (κ2) is 7.68. The lowest BCUT2D eigenvalue weighted by Gasteiger charge is -2.02. The van der Waals surface area contributed by atoms with Crippen molar-refractivity contribution in [2.75, 3.05) is 6.54 Å². The molecule has 0 fully saturated rings. The van der Waals surface area contributed by atoms with Gasteiger partial charge in [-0.1, -0.05) is 58.4 Å². The summed E-state index contributed by atoms with van der Waals surface area (Å²) in [5.41, 5.74) is 2.58. The first kappa shape index (κ1) is 15.4. The molecule has 0 atom stereocenters. The van der Waals surface area contributed by atoms with Crippen molar-refractivity contribution in [3.8, 4) is 10.4 Å².